The van der Waals surface area contributed by atoms with Crippen LogP contribution in [0.15, 0.2) is 12.7 Å². The maximum atomic E-state index is 12.7. The van der Waals surface area contributed by atoms with Crippen LogP contribution in [0.3, 0.4) is 0 Å². The molecule has 1 saturated heterocycles. The molecule has 2 amide bonds. The first-order valence-electron chi connectivity index (χ1n) is 16.9. The van der Waals surface area contributed by atoms with Gasteiger partial charge in [-0.1, -0.05) is 25.6 Å². The number of hydrogen-bond donors (Lipinski definition) is 11. The van der Waals surface area contributed by atoms with Gasteiger partial charge in [0.2, 0.25) is 11.8 Å². The summed E-state index contributed by atoms with van der Waals surface area (Å²) < 4.78 is 77.3. The molecule has 336 valence electrons. The number of aliphatic hydroxyl groups is 2. The Morgan fingerprint density at radius 3 is 2.29 bits per heavy atom. The first-order chi connectivity index (χ1) is 27.1. The predicted octanol–water partition coefficient (Wildman–Crippen LogP) is -1.06. The maximum absolute atomic E-state index is 12.7. The number of phosphoric acid groups is 4. The van der Waals surface area contributed by atoms with Crippen LogP contribution in [0, 0.1) is 5.41 Å². The Kier molecular flexibility index (Phi) is 18.3. The number of ether oxygens (including phenoxy) is 1. The van der Waals surface area contributed by atoms with E-state index in [1.807, 2.05) is 0 Å². The van der Waals surface area contributed by atoms with Crippen molar-refractivity contribution in [2.45, 2.75) is 76.8 Å². The number of thioether (sulfide) groups is 1. The number of aliphatic hydroxyl groups excluding tert-OH is 2. The lowest BCUT2D eigenvalue weighted by Gasteiger charge is -2.30. The Morgan fingerprint density at radius 2 is 1.64 bits per heavy atom. The van der Waals surface area contributed by atoms with Crippen molar-refractivity contribution in [2.24, 2.45) is 5.41 Å². The minimum atomic E-state index is -5.60. The van der Waals surface area contributed by atoms with Crippen molar-refractivity contribution in [3.8, 4) is 0 Å². The molecular formula is C26H45N7O21P4S. The van der Waals surface area contributed by atoms with Crippen LogP contribution >= 0.6 is 43.1 Å². The van der Waals surface area contributed by atoms with Crippen LogP contribution in [0.1, 0.15) is 46.3 Å². The van der Waals surface area contributed by atoms with Crippen LogP contribution in [-0.2, 0) is 59.8 Å². The number of imidazole rings is 1. The minimum Gasteiger partial charge on any atom is -0.386 e. The van der Waals surface area contributed by atoms with Crippen molar-refractivity contribution in [3.63, 3.8) is 0 Å². The summed E-state index contributed by atoms with van der Waals surface area (Å²) in [6.07, 6.45) is -7.96. The Morgan fingerprint density at radius 1 is 0.983 bits per heavy atom. The van der Waals surface area contributed by atoms with Gasteiger partial charge >= 0.3 is 31.3 Å². The van der Waals surface area contributed by atoms with Crippen LogP contribution in [-0.4, -0.2) is 139 Å². The lowest BCUT2D eigenvalue weighted by Crippen LogP contribution is -2.46. The van der Waals surface area contributed by atoms with Crippen LogP contribution in [0.5, 0.6) is 0 Å². The molecule has 1 aliphatic heterocycles. The van der Waals surface area contributed by atoms with Gasteiger partial charge in [-0.2, -0.15) is 4.31 Å². The largest absolute Gasteiger partial charge is 0.481 e. The number of hydrogen-bond acceptors (Lipinski definition) is 20. The highest BCUT2D eigenvalue weighted by Crippen LogP contribution is 2.61. The van der Waals surface area contributed by atoms with Gasteiger partial charge in [-0.3, -0.25) is 37.0 Å². The number of nitrogen functional groups attached to an aromatic ring is 1. The molecule has 0 aliphatic carbocycles. The highest BCUT2D eigenvalue weighted by atomic mass is 32.2. The van der Waals surface area contributed by atoms with E-state index in [0.717, 1.165) is 29.0 Å². The molecular weight excluding hydrogens is 902 g/mol. The molecule has 8 atom stereocenters. The minimum absolute atomic E-state index is 0.0152. The second-order valence-electron chi connectivity index (χ2n) is 13.2. The van der Waals surface area contributed by atoms with E-state index in [0.29, 0.717) is 0 Å². The number of fused-ring (bicyclic) bond motifs is 1. The predicted molar refractivity (Wildman–Crippen MR) is 199 cm³/mol. The topological polar surface area (TPSA) is 430 Å². The molecule has 0 aromatic carbocycles. The molecule has 28 nitrogen and oxygen atoms in total. The van der Waals surface area contributed by atoms with Gasteiger partial charge in [-0.05, 0) is 13.3 Å². The lowest BCUT2D eigenvalue weighted by molar-refractivity contribution is -0.137. The number of nitrogens with zero attached hydrogens (tertiary/aromatic N) is 4. The summed E-state index contributed by atoms with van der Waals surface area (Å²) in [5, 5.41) is 25.9. The molecule has 59 heavy (non-hydrogen) atoms. The van der Waals surface area contributed by atoms with Gasteiger partial charge in [0.25, 0.3) is 0 Å². The van der Waals surface area contributed by atoms with Crippen molar-refractivity contribution in [1.29, 1.82) is 0 Å². The molecule has 3 heterocycles. The number of carbonyl (C=O) groups excluding carboxylic acids is 3. The van der Waals surface area contributed by atoms with E-state index in [-0.39, 0.29) is 60.2 Å². The van der Waals surface area contributed by atoms with Gasteiger partial charge in [0, 0.05) is 37.1 Å². The molecule has 0 spiro atoms. The van der Waals surface area contributed by atoms with E-state index in [9.17, 15) is 62.4 Å². The summed E-state index contributed by atoms with van der Waals surface area (Å²) in [5.74, 6) is -1.43. The molecule has 0 radical (unpaired) electrons. The second-order valence-corrected chi connectivity index (χ2v) is 19.8. The Hall–Kier alpha value is -2.33. The average molecular weight is 948 g/mol. The fourth-order valence-corrected chi connectivity index (χ4v) is 9.07. The van der Waals surface area contributed by atoms with Crippen molar-refractivity contribution in [3.05, 3.63) is 12.7 Å². The van der Waals surface area contributed by atoms with Crippen molar-refractivity contribution in [1.82, 2.24) is 30.2 Å². The Balaban J connectivity index is 1.44. The maximum Gasteiger partial charge on any atom is 0.481 e. The molecule has 1 aliphatic rings. The summed E-state index contributed by atoms with van der Waals surface area (Å²) >= 11 is 0.881. The van der Waals surface area contributed by atoms with Crippen LogP contribution in [0.4, 0.5) is 5.82 Å². The third-order valence-corrected chi connectivity index (χ3v) is 12.5. The molecule has 3 unspecified atom stereocenters. The van der Waals surface area contributed by atoms with Crippen molar-refractivity contribution < 1.29 is 99.4 Å². The number of rotatable bonds is 24. The second kappa shape index (κ2) is 21.2. The monoisotopic (exact) mass is 947 g/mol. The zero-order chi connectivity index (χ0) is 44.6. The molecule has 3 rings (SSSR count). The zero-order valence-corrected chi connectivity index (χ0v) is 35.6. The molecule has 1 fully saturated rings. The normalized spacial score (nSPS) is 22.0. The Bertz CT molecular complexity index is 1980. The average Bonchev–Trinajstić information content (AvgIpc) is 3.66. The third-order valence-electron chi connectivity index (χ3n) is 7.84. The number of aromatic nitrogens is 4. The summed E-state index contributed by atoms with van der Waals surface area (Å²) in [4.78, 5) is 105. The number of nitrogens with two attached hydrogens (primary N) is 1. The van der Waals surface area contributed by atoms with E-state index < -0.39 is 98.5 Å². The Labute approximate surface area is 338 Å². The fourth-order valence-electron chi connectivity index (χ4n) is 4.98. The highest BCUT2D eigenvalue weighted by molar-refractivity contribution is 8.13. The quantitative estimate of drug-likeness (QED) is 0.0441. The summed E-state index contributed by atoms with van der Waals surface area (Å²) in [5.41, 5.74) is 4.18. The fraction of sp³-hybridized carbons (Fsp3) is 0.692. The molecule has 2 aromatic rings. The van der Waals surface area contributed by atoms with Crippen LogP contribution < -0.4 is 16.4 Å². The number of amides is 2. The molecule has 12 N–H and O–H groups in total. The lowest BCUT2D eigenvalue weighted by atomic mass is 9.87. The number of carbonyl (C=O) groups is 3. The smallest absolute Gasteiger partial charge is 0.386 e. The molecule has 2 aromatic heterocycles. The van der Waals surface area contributed by atoms with Crippen LogP contribution in [0.2, 0.25) is 0 Å². The van der Waals surface area contributed by atoms with Gasteiger partial charge in [0.05, 0.1) is 25.6 Å². The van der Waals surface area contributed by atoms with Gasteiger partial charge in [0.1, 0.15) is 36.3 Å². The van der Waals surface area contributed by atoms with Gasteiger partial charge in [-0.15, -0.1) is 0 Å². The van der Waals surface area contributed by atoms with Crippen molar-refractivity contribution >= 4 is 77.0 Å². The standard InChI is InChI=1S/C26H45N7O21P4S/c1-14(52-55(39,40)41)4-5-17(35)59-9-8-28-16(34)6-7-29-24(38)21(37)26(2,3)11-50-58(47,48)54-57(45,46)49-10-15-20(53-56(42,43)44)19(36)25(51-15)33-13-32-18-22(27)30-12-31-23(18)33/h12-15,19-21,25,36-37H,4-11H2,1-3H3,(H,28,34)(H,29,38)(H,45,46)(H,47,48)(H2,27,30,31)(H2,39,40,41)(H2,42,43,44)/t14?,15-,19-,20-,21+,25-/m1/s1. The van der Waals surface area contributed by atoms with E-state index in [1.165, 1.54) is 20.8 Å². The molecule has 0 saturated carbocycles. The highest BCUT2D eigenvalue weighted by Gasteiger charge is 2.50. The van der Waals surface area contributed by atoms with Gasteiger partial charge in [-0.25, -0.2) is 33.2 Å². The van der Waals surface area contributed by atoms with Gasteiger partial charge in [0.15, 0.2) is 22.8 Å². The number of nitrogens with one attached hydrogen (secondary N) is 2. The third kappa shape index (κ3) is 16.8. The van der Waals surface area contributed by atoms with E-state index >= 15 is 0 Å². The first-order valence-corrected chi connectivity index (χ1v) is 23.9. The first kappa shape index (κ1) is 51.0. The summed E-state index contributed by atoms with van der Waals surface area (Å²) in [6.45, 7) is 1.56. The van der Waals surface area contributed by atoms with E-state index in [1.54, 1.807) is 0 Å². The number of phosphoric ester groups is 4. The molecule has 33 heteroatoms. The van der Waals surface area contributed by atoms with E-state index in [4.69, 9.17) is 29.3 Å². The van der Waals surface area contributed by atoms with Gasteiger partial charge < -0.3 is 60.7 Å². The van der Waals surface area contributed by atoms with E-state index in [2.05, 4.69) is 38.9 Å². The van der Waals surface area contributed by atoms with Crippen LogP contribution in [0.25, 0.3) is 11.2 Å². The van der Waals surface area contributed by atoms with Crippen molar-refractivity contribution in [2.75, 3.05) is 37.8 Å². The summed E-state index contributed by atoms with van der Waals surface area (Å²) in [7, 11) is -21.1. The SMILES string of the molecule is CC(CCC(=O)SCCNC(=O)CCNC(=O)[C@H](O)C(C)(C)COP(=O)(O)OP(=O)(O)OC[C@H]1O[C@@H](n2cnc3c(N)ncnc32)[C@H](O)[C@@H]1OP(=O)(O)O)OP(=O)(O)O. The molecule has 0 bridgehead atoms. The summed E-state index contributed by atoms with van der Waals surface area (Å²) in [6, 6.07) is 0. The number of anilines is 1. The zero-order valence-electron chi connectivity index (χ0n) is 31.2.